The van der Waals surface area contributed by atoms with Crippen LogP contribution in [0, 0.1) is 5.92 Å². The average molecular weight is 333 g/mol. The number of guanidine groups is 1. The van der Waals surface area contributed by atoms with Gasteiger partial charge in [-0.3, -0.25) is 4.99 Å². The smallest absolute Gasteiger partial charge is 0.191 e. The highest BCUT2D eigenvalue weighted by molar-refractivity contribution is 5.80. The molecule has 0 saturated heterocycles. The zero-order valence-corrected chi connectivity index (χ0v) is 15.8. The molecule has 2 unspecified atom stereocenters. The zero-order valence-electron chi connectivity index (χ0n) is 15.8. The van der Waals surface area contributed by atoms with Gasteiger partial charge in [0, 0.05) is 37.2 Å². The van der Waals surface area contributed by atoms with Crippen LogP contribution in [0.2, 0.25) is 0 Å². The van der Waals surface area contributed by atoms with Crippen LogP contribution in [0.25, 0.3) is 0 Å². The van der Waals surface area contributed by atoms with Gasteiger partial charge in [0.25, 0.3) is 0 Å². The normalized spacial score (nSPS) is 18.1. The highest BCUT2D eigenvalue weighted by Crippen LogP contribution is 2.35. The second-order valence-corrected chi connectivity index (χ2v) is 6.74. The van der Waals surface area contributed by atoms with E-state index < -0.39 is 0 Å². The fraction of sp³-hybridized carbons (Fsp3) is 0.632. The Balaban J connectivity index is 2.09. The number of aliphatic imine (C=N–C) groups is 1. The number of fused-ring (bicyclic) bond motifs is 1. The van der Waals surface area contributed by atoms with Gasteiger partial charge in [-0.2, -0.15) is 0 Å². The van der Waals surface area contributed by atoms with Crippen LogP contribution in [-0.2, 0) is 13.0 Å². The summed E-state index contributed by atoms with van der Waals surface area (Å²) in [4.78, 5) is 4.31. The van der Waals surface area contributed by atoms with Gasteiger partial charge in [-0.15, -0.1) is 0 Å². The van der Waals surface area contributed by atoms with Gasteiger partial charge in [-0.1, -0.05) is 13.8 Å². The summed E-state index contributed by atoms with van der Waals surface area (Å²) in [5.74, 6) is 3.24. The standard InChI is InChI=1S/C19H31N3O2/c1-7-23-17-9-15-8-13(4)24-18(15)10-16(17)11-21-19(20-6)22-14(5)12(2)3/h9-10,12-14H,7-8,11H2,1-6H3,(H2,20,21,22). The third-order valence-electron chi connectivity index (χ3n) is 4.41. The van der Waals surface area contributed by atoms with E-state index in [1.807, 2.05) is 6.92 Å². The maximum Gasteiger partial charge on any atom is 0.191 e. The van der Waals surface area contributed by atoms with Crippen LogP contribution in [0.1, 0.15) is 45.7 Å². The van der Waals surface area contributed by atoms with Crippen molar-refractivity contribution in [1.82, 2.24) is 10.6 Å². The summed E-state index contributed by atoms with van der Waals surface area (Å²) in [5.41, 5.74) is 2.32. The number of nitrogens with one attached hydrogen (secondary N) is 2. The molecule has 5 nitrogen and oxygen atoms in total. The molecule has 0 radical (unpaired) electrons. The second kappa shape index (κ2) is 8.27. The van der Waals surface area contributed by atoms with Gasteiger partial charge >= 0.3 is 0 Å². The van der Waals surface area contributed by atoms with E-state index in [0.29, 0.717) is 25.1 Å². The Morgan fingerprint density at radius 2 is 2.12 bits per heavy atom. The van der Waals surface area contributed by atoms with Crippen molar-refractivity contribution in [1.29, 1.82) is 0 Å². The van der Waals surface area contributed by atoms with Crippen LogP contribution in [0.4, 0.5) is 0 Å². The van der Waals surface area contributed by atoms with E-state index in [9.17, 15) is 0 Å². The van der Waals surface area contributed by atoms with Gasteiger partial charge in [0.1, 0.15) is 17.6 Å². The summed E-state index contributed by atoms with van der Waals surface area (Å²) >= 11 is 0. The molecule has 1 heterocycles. The molecule has 1 aliphatic rings. The number of hydrogen-bond acceptors (Lipinski definition) is 3. The quantitative estimate of drug-likeness (QED) is 0.620. The SMILES string of the molecule is CCOc1cc2c(cc1CNC(=NC)NC(C)C(C)C)OC(C)C2. The lowest BCUT2D eigenvalue weighted by atomic mass is 10.1. The van der Waals surface area contributed by atoms with Crippen LogP contribution in [0.3, 0.4) is 0 Å². The van der Waals surface area contributed by atoms with Gasteiger partial charge in [0.2, 0.25) is 0 Å². The van der Waals surface area contributed by atoms with E-state index in [1.165, 1.54) is 5.56 Å². The summed E-state index contributed by atoms with van der Waals surface area (Å²) in [6.07, 6.45) is 1.18. The van der Waals surface area contributed by atoms with E-state index >= 15 is 0 Å². The van der Waals surface area contributed by atoms with Crippen LogP contribution in [0.5, 0.6) is 11.5 Å². The maximum absolute atomic E-state index is 5.88. The third-order valence-corrected chi connectivity index (χ3v) is 4.41. The molecule has 0 aromatic heterocycles. The Bertz CT molecular complexity index is 584. The highest BCUT2D eigenvalue weighted by atomic mass is 16.5. The van der Waals surface area contributed by atoms with Gasteiger partial charge in [-0.05, 0) is 38.8 Å². The lowest BCUT2D eigenvalue weighted by Gasteiger charge is -2.21. The van der Waals surface area contributed by atoms with Crippen molar-refractivity contribution in [2.24, 2.45) is 10.9 Å². The molecule has 0 aliphatic carbocycles. The van der Waals surface area contributed by atoms with E-state index in [1.54, 1.807) is 7.05 Å². The minimum Gasteiger partial charge on any atom is -0.494 e. The Morgan fingerprint density at radius 3 is 2.75 bits per heavy atom. The van der Waals surface area contributed by atoms with Crippen molar-refractivity contribution < 1.29 is 9.47 Å². The largest absolute Gasteiger partial charge is 0.494 e. The van der Waals surface area contributed by atoms with Crippen molar-refractivity contribution in [3.05, 3.63) is 23.3 Å². The van der Waals surface area contributed by atoms with Gasteiger partial charge in [0.15, 0.2) is 5.96 Å². The molecule has 2 atom stereocenters. The number of nitrogens with zero attached hydrogens (tertiary/aromatic N) is 1. The Hall–Kier alpha value is -1.91. The van der Waals surface area contributed by atoms with Gasteiger partial charge in [0.05, 0.1) is 6.61 Å². The molecule has 5 heteroatoms. The average Bonchev–Trinajstić information content (AvgIpc) is 2.90. The van der Waals surface area contributed by atoms with Crippen LogP contribution in [0.15, 0.2) is 17.1 Å². The monoisotopic (exact) mass is 333 g/mol. The molecule has 24 heavy (non-hydrogen) atoms. The first-order valence-electron chi connectivity index (χ1n) is 8.87. The molecule has 134 valence electrons. The van der Waals surface area contributed by atoms with E-state index in [-0.39, 0.29) is 6.10 Å². The number of ether oxygens (including phenoxy) is 2. The molecule has 1 aromatic rings. The zero-order chi connectivity index (χ0) is 17.7. The summed E-state index contributed by atoms with van der Waals surface area (Å²) in [7, 11) is 1.79. The first-order chi connectivity index (χ1) is 11.4. The molecule has 2 rings (SSSR count). The summed E-state index contributed by atoms with van der Waals surface area (Å²) in [6.45, 7) is 11.9. The Labute approximate surface area is 145 Å². The Morgan fingerprint density at radius 1 is 1.38 bits per heavy atom. The van der Waals surface area contributed by atoms with Crippen molar-refractivity contribution in [2.45, 2.75) is 59.7 Å². The molecule has 1 aromatic carbocycles. The molecule has 0 amide bonds. The molecule has 2 N–H and O–H groups in total. The molecule has 0 spiro atoms. The third kappa shape index (κ3) is 4.56. The first-order valence-corrected chi connectivity index (χ1v) is 8.87. The summed E-state index contributed by atoms with van der Waals surface area (Å²) < 4.78 is 11.7. The predicted octanol–water partition coefficient (Wildman–Crippen LogP) is 3.12. The van der Waals surface area contributed by atoms with E-state index in [0.717, 1.165) is 29.4 Å². The second-order valence-electron chi connectivity index (χ2n) is 6.74. The Kier molecular flexibility index (Phi) is 6.35. The fourth-order valence-electron chi connectivity index (χ4n) is 2.67. The van der Waals surface area contributed by atoms with Crippen molar-refractivity contribution in [3.63, 3.8) is 0 Å². The molecule has 0 bridgehead atoms. The van der Waals surface area contributed by atoms with Crippen molar-refractivity contribution in [2.75, 3.05) is 13.7 Å². The van der Waals surface area contributed by atoms with Gasteiger partial charge < -0.3 is 20.1 Å². The van der Waals surface area contributed by atoms with E-state index in [4.69, 9.17) is 9.47 Å². The summed E-state index contributed by atoms with van der Waals surface area (Å²) in [5, 5.41) is 6.79. The molecule has 0 fully saturated rings. The lowest BCUT2D eigenvalue weighted by Crippen LogP contribution is -2.43. The fourth-order valence-corrected chi connectivity index (χ4v) is 2.67. The molecule has 1 aliphatic heterocycles. The van der Waals surface area contributed by atoms with Crippen molar-refractivity contribution in [3.8, 4) is 11.5 Å². The molecule has 0 saturated carbocycles. The number of rotatable bonds is 6. The minimum absolute atomic E-state index is 0.235. The van der Waals surface area contributed by atoms with Crippen LogP contribution >= 0.6 is 0 Å². The molecular formula is C19H31N3O2. The lowest BCUT2D eigenvalue weighted by molar-refractivity contribution is 0.254. The number of benzene rings is 1. The number of hydrogen-bond donors (Lipinski definition) is 2. The first kappa shape index (κ1) is 18.4. The van der Waals surface area contributed by atoms with Crippen LogP contribution < -0.4 is 20.1 Å². The van der Waals surface area contributed by atoms with E-state index in [2.05, 4.69) is 55.5 Å². The molecular weight excluding hydrogens is 302 g/mol. The maximum atomic E-state index is 5.88. The summed E-state index contributed by atoms with van der Waals surface area (Å²) in [6, 6.07) is 4.56. The predicted molar refractivity (Wildman–Crippen MR) is 99.0 cm³/mol. The highest BCUT2D eigenvalue weighted by Gasteiger charge is 2.22. The van der Waals surface area contributed by atoms with Crippen LogP contribution in [-0.4, -0.2) is 31.8 Å². The topological polar surface area (TPSA) is 54.9 Å². The minimum atomic E-state index is 0.235. The van der Waals surface area contributed by atoms with Gasteiger partial charge in [-0.25, -0.2) is 0 Å². The van der Waals surface area contributed by atoms with Crippen molar-refractivity contribution >= 4 is 5.96 Å².